The number of carbonyl (C=O) groups excluding carboxylic acids is 2. The second kappa shape index (κ2) is 8.78. The number of esters is 1. The van der Waals surface area contributed by atoms with Gasteiger partial charge in [-0.2, -0.15) is 0 Å². The highest BCUT2D eigenvalue weighted by molar-refractivity contribution is 7.09. The van der Waals surface area contributed by atoms with Crippen molar-refractivity contribution < 1.29 is 14.3 Å². The van der Waals surface area contributed by atoms with E-state index in [-0.39, 0.29) is 12.3 Å². The SMILES string of the molecule is C=CCN(CC(=O)c1[nH]c(C)c(C(=O)OCC)c1C)Cc1cccs1. The first-order valence-corrected chi connectivity index (χ1v) is 9.11. The molecule has 0 fully saturated rings. The first kappa shape index (κ1) is 19.1. The molecule has 0 saturated carbocycles. The second-order valence-electron chi connectivity index (χ2n) is 5.81. The number of nitrogens with one attached hydrogen (secondary N) is 1. The Hall–Kier alpha value is -2.18. The molecule has 134 valence electrons. The lowest BCUT2D eigenvalue weighted by Crippen LogP contribution is -2.30. The highest BCUT2D eigenvalue weighted by atomic mass is 32.1. The van der Waals surface area contributed by atoms with Gasteiger partial charge in [0.2, 0.25) is 0 Å². The van der Waals surface area contributed by atoms with E-state index in [4.69, 9.17) is 4.74 Å². The smallest absolute Gasteiger partial charge is 0.340 e. The lowest BCUT2D eigenvalue weighted by molar-refractivity contribution is 0.0525. The summed E-state index contributed by atoms with van der Waals surface area (Å²) in [6.07, 6.45) is 1.79. The van der Waals surface area contributed by atoms with Gasteiger partial charge in [-0.3, -0.25) is 9.69 Å². The Morgan fingerprint density at radius 1 is 1.40 bits per heavy atom. The maximum atomic E-state index is 12.8. The number of ether oxygens (including phenoxy) is 1. The molecule has 0 aliphatic heterocycles. The van der Waals surface area contributed by atoms with E-state index in [1.165, 1.54) is 4.88 Å². The number of rotatable bonds is 9. The summed E-state index contributed by atoms with van der Waals surface area (Å²) >= 11 is 1.66. The Labute approximate surface area is 152 Å². The molecule has 2 rings (SSSR count). The Morgan fingerprint density at radius 3 is 2.76 bits per heavy atom. The van der Waals surface area contributed by atoms with Gasteiger partial charge in [0.15, 0.2) is 5.78 Å². The van der Waals surface area contributed by atoms with Gasteiger partial charge in [-0.25, -0.2) is 4.79 Å². The first-order valence-electron chi connectivity index (χ1n) is 8.23. The fraction of sp³-hybridized carbons (Fsp3) is 0.368. The van der Waals surface area contributed by atoms with Crippen LogP contribution in [0.1, 0.15) is 43.9 Å². The van der Waals surface area contributed by atoms with Gasteiger partial charge in [-0.05, 0) is 37.8 Å². The topological polar surface area (TPSA) is 62.4 Å². The van der Waals surface area contributed by atoms with E-state index in [1.54, 1.807) is 38.2 Å². The van der Waals surface area contributed by atoms with E-state index >= 15 is 0 Å². The third-order valence-electron chi connectivity index (χ3n) is 3.91. The van der Waals surface area contributed by atoms with Crippen LogP contribution in [0, 0.1) is 13.8 Å². The molecule has 6 heteroatoms. The van der Waals surface area contributed by atoms with Crippen molar-refractivity contribution in [3.05, 3.63) is 57.6 Å². The molecule has 0 aliphatic rings. The molecule has 0 aromatic carbocycles. The minimum Gasteiger partial charge on any atom is -0.462 e. The molecule has 0 radical (unpaired) electrons. The van der Waals surface area contributed by atoms with Crippen LogP contribution in [0.2, 0.25) is 0 Å². The van der Waals surface area contributed by atoms with E-state index in [9.17, 15) is 9.59 Å². The van der Waals surface area contributed by atoms with Crippen molar-refractivity contribution in [1.82, 2.24) is 9.88 Å². The Kier molecular flexibility index (Phi) is 6.73. The van der Waals surface area contributed by atoms with Gasteiger partial charge in [0, 0.05) is 23.7 Å². The largest absolute Gasteiger partial charge is 0.462 e. The molecule has 0 unspecified atom stereocenters. The van der Waals surface area contributed by atoms with Gasteiger partial charge in [-0.15, -0.1) is 17.9 Å². The molecule has 1 N–H and O–H groups in total. The summed E-state index contributed by atoms with van der Waals surface area (Å²) in [4.78, 5) is 31.1. The highest BCUT2D eigenvalue weighted by Gasteiger charge is 2.23. The fourth-order valence-corrected chi connectivity index (χ4v) is 3.56. The van der Waals surface area contributed by atoms with Crippen molar-refractivity contribution in [2.45, 2.75) is 27.3 Å². The minimum absolute atomic E-state index is 0.0467. The van der Waals surface area contributed by atoms with Gasteiger partial charge in [0.25, 0.3) is 0 Å². The summed E-state index contributed by atoms with van der Waals surface area (Å²) in [6, 6.07) is 4.05. The zero-order valence-electron chi connectivity index (χ0n) is 14.9. The molecule has 0 spiro atoms. The molecule has 5 nitrogen and oxygen atoms in total. The predicted molar refractivity (Wildman–Crippen MR) is 100 cm³/mol. The van der Waals surface area contributed by atoms with Crippen molar-refractivity contribution in [2.24, 2.45) is 0 Å². The maximum absolute atomic E-state index is 12.8. The average molecular weight is 360 g/mol. The number of carbonyl (C=O) groups is 2. The molecule has 2 aromatic rings. The van der Waals surface area contributed by atoms with E-state index in [0.29, 0.717) is 42.2 Å². The molecule has 25 heavy (non-hydrogen) atoms. The van der Waals surface area contributed by atoms with Gasteiger partial charge in [0.1, 0.15) is 0 Å². The molecular weight excluding hydrogens is 336 g/mol. The second-order valence-corrected chi connectivity index (χ2v) is 6.84. The van der Waals surface area contributed by atoms with Crippen LogP contribution in [0.25, 0.3) is 0 Å². The molecule has 0 amide bonds. The third kappa shape index (κ3) is 4.67. The number of aromatic nitrogens is 1. The lowest BCUT2D eigenvalue weighted by atomic mass is 10.1. The van der Waals surface area contributed by atoms with Crippen molar-refractivity contribution in [3.8, 4) is 0 Å². The number of Topliss-reactive ketones (excluding diaryl/α,β-unsaturated/α-hetero) is 1. The van der Waals surface area contributed by atoms with Crippen LogP contribution >= 0.6 is 11.3 Å². The number of thiophene rings is 1. The first-order chi connectivity index (χ1) is 12.0. The monoisotopic (exact) mass is 360 g/mol. The molecule has 0 bridgehead atoms. The lowest BCUT2D eigenvalue weighted by Gasteiger charge is -2.18. The van der Waals surface area contributed by atoms with Crippen molar-refractivity contribution >= 4 is 23.1 Å². The Morgan fingerprint density at radius 2 is 2.16 bits per heavy atom. The minimum atomic E-state index is -0.394. The number of aromatic amines is 1. The summed E-state index contributed by atoms with van der Waals surface area (Å²) < 4.78 is 5.08. The predicted octanol–water partition coefficient (Wildman–Crippen LogP) is 3.74. The van der Waals surface area contributed by atoms with Gasteiger partial charge < -0.3 is 9.72 Å². The van der Waals surface area contributed by atoms with E-state index in [2.05, 4.69) is 11.6 Å². The summed E-state index contributed by atoms with van der Waals surface area (Å²) in [5, 5.41) is 2.02. The van der Waals surface area contributed by atoms with Crippen LogP contribution in [0.3, 0.4) is 0 Å². The Bertz CT molecular complexity index is 747. The van der Waals surface area contributed by atoms with Crippen LogP contribution in [0.5, 0.6) is 0 Å². The number of ketones is 1. The van der Waals surface area contributed by atoms with Crippen molar-refractivity contribution in [1.29, 1.82) is 0 Å². The zero-order valence-corrected chi connectivity index (χ0v) is 15.7. The van der Waals surface area contributed by atoms with Crippen LogP contribution in [-0.2, 0) is 11.3 Å². The summed E-state index contributed by atoms with van der Waals surface area (Å²) in [7, 11) is 0. The molecule has 0 atom stereocenters. The molecule has 0 aliphatic carbocycles. The average Bonchev–Trinajstić information content (AvgIpc) is 3.15. The van der Waals surface area contributed by atoms with Gasteiger partial charge in [0.05, 0.1) is 24.4 Å². The molecule has 2 heterocycles. The standard InChI is InChI=1S/C19H24N2O3S/c1-5-9-21(11-15-8-7-10-25-15)12-16(22)18-13(3)17(14(4)20-18)19(23)24-6-2/h5,7-8,10,20H,1,6,9,11-12H2,2-4H3. The van der Waals surface area contributed by atoms with Crippen LogP contribution in [0.4, 0.5) is 0 Å². The zero-order chi connectivity index (χ0) is 18.4. The van der Waals surface area contributed by atoms with Gasteiger partial charge in [-0.1, -0.05) is 12.1 Å². The van der Waals surface area contributed by atoms with E-state index in [1.807, 2.05) is 22.4 Å². The maximum Gasteiger partial charge on any atom is 0.340 e. The number of aryl methyl sites for hydroxylation is 1. The summed E-state index contributed by atoms with van der Waals surface area (Å²) in [6.45, 7) is 11.0. The third-order valence-corrected chi connectivity index (χ3v) is 4.77. The number of H-pyrrole nitrogens is 1. The van der Waals surface area contributed by atoms with E-state index < -0.39 is 5.97 Å². The van der Waals surface area contributed by atoms with Crippen LogP contribution in [-0.4, -0.2) is 41.3 Å². The normalized spacial score (nSPS) is 10.9. The quantitative estimate of drug-likeness (QED) is 0.420. The van der Waals surface area contributed by atoms with Crippen molar-refractivity contribution in [3.63, 3.8) is 0 Å². The van der Waals surface area contributed by atoms with Crippen molar-refractivity contribution in [2.75, 3.05) is 19.7 Å². The molecular formula is C19H24N2O3S. The summed E-state index contributed by atoms with van der Waals surface area (Å²) in [5.74, 6) is -0.441. The number of hydrogen-bond donors (Lipinski definition) is 1. The molecule has 0 saturated heterocycles. The Balaban J connectivity index is 2.17. The van der Waals surface area contributed by atoms with Crippen LogP contribution in [0.15, 0.2) is 30.2 Å². The number of hydrogen-bond acceptors (Lipinski definition) is 5. The molecule has 2 aromatic heterocycles. The van der Waals surface area contributed by atoms with E-state index in [0.717, 1.165) is 0 Å². The van der Waals surface area contributed by atoms with Gasteiger partial charge >= 0.3 is 5.97 Å². The summed E-state index contributed by atoms with van der Waals surface area (Å²) in [5.41, 5.74) is 2.24. The van der Waals surface area contributed by atoms with Crippen LogP contribution < -0.4 is 0 Å². The fourth-order valence-electron chi connectivity index (χ4n) is 2.81. The number of nitrogens with zero attached hydrogens (tertiary/aromatic N) is 1. The highest BCUT2D eigenvalue weighted by Crippen LogP contribution is 2.20.